The van der Waals surface area contributed by atoms with Crippen LogP contribution in [0.1, 0.15) is 58.9 Å². The van der Waals surface area contributed by atoms with E-state index in [1.807, 2.05) is 0 Å². The molecule has 3 N–H and O–H groups in total. The van der Waals surface area contributed by atoms with Gasteiger partial charge in [-0.15, -0.1) is 0 Å². The second kappa shape index (κ2) is 8.46. The zero-order valence-corrected chi connectivity index (χ0v) is 16.8. The molecule has 7 nitrogen and oxygen atoms in total. The van der Waals surface area contributed by atoms with E-state index >= 15 is 0 Å². The molecule has 28 heavy (non-hydrogen) atoms. The number of benzene rings is 1. The van der Waals surface area contributed by atoms with E-state index in [2.05, 4.69) is 10.6 Å². The highest BCUT2D eigenvalue weighted by Gasteiger charge is 2.46. The first-order valence-electron chi connectivity index (χ1n) is 9.41. The number of aliphatic carboxylic acids is 1. The number of amides is 2. The number of carboxylic acid groups (broad SMARTS) is 1. The van der Waals surface area contributed by atoms with Crippen molar-refractivity contribution >= 4 is 29.7 Å². The van der Waals surface area contributed by atoms with Crippen molar-refractivity contribution in [3.05, 3.63) is 35.4 Å². The maximum Gasteiger partial charge on any atom is 0.408 e. The molecular weight excluding hydrogens is 360 g/mol. The van der Waals surface area contributed by atoms with Gasteiger partial charge in [-0.3, -0.25) is 4.79 Å². The minimum Gasteiger partial charge on any atom is -0.478 e. The summed E-state index contributed by atoms with van der Waals surface area (Å²) in [5.74, 6) is -1.23. The van der Waals surface area contributed by atoms with Gasteiger partial charge in [-0.05, 0) is 70.2 Å². The number of alkyl carbamates (subject to hydrolysis) is 1. The summed E-state index contributed by atoms with van der Waals surface area (Å²) in [7, 11) is 0. The summed E-state index contributed by atoms with van der Waals surface area (Å²) in [6.07, 6.45) is 3.37. The summed E-state index contributed by atoms with van der Waals surface area (Å²) in [5.41, 5.74) is 0.0314. The van der Waals surface area contributed by atoms with E-state index in [-0.39, 0.29) is 5.91 Å². The fourth-order valence-corrected chi connectivity index (χ4v) is 2.87. The van der Waals surface area contributed by atoms with E-state index in [1.54, 1.807) is 58.0 Å². The SMILES string of the molecule is CCC(=Cc1ccc(NC(=O)C2(NC(=O)OC(C)(C)C)CCC2)cc1)C(=O)O. The van der Waals surface area contributed by atoms with Crippen molar-refractivity contribution < 1.29 is 24.2 Å². The van der Waals surface area contributed by atoms with E-state index < -0.39 is 23.2 Å². The van der Waals surface area contributed by atoms with Gasteiger partial charge in [0.2, 0.25) is 5.91 Å². The van der Waals surface area contributed by atoms with Crippen LogP contribution in [-0.4, -0.2) is 34.2 Å². The standard InChI is InChI=1S/C21H28N2O5/c1-5-15(17(24)25)13-14-7-9-16(10-8-14)22-18(26)21(11-6-12-21)23-19(27)28-20(2,3)4/h7-10,13H,5-6,11-12H2,1-4H3,(H,22,26)(H,23,27)(H,24,25). The maximum absolute atomic E-state index is 12.7. The summed E-state index contributed by atoms with van der Waals surface area (Å²) in [5, 5.41) is 14.6. The highest BCUT2D eigenvalue weighted by molar-refractivity contribution is 6.00. The lowest BCUT2D eigenvalue weighted by atomic mass is 9.76. The van der Waals surface area contributed by atoms with Crippen LogP contribution in [0.4, 0.5) is 10.5 Å². The largest absolute Gasteiger partial charge is 0.478 e. The third-order valence-electron chi connectivity index (χ3n) is 4.55. The highest BCUT2D eigenvalue weighted by atomic mass is 16.6. The number of anilines is 1. The molecule has 0 atom stereocenters. The molecule has 0 aliphatic heterocycles. The summed E-state index contributed by atoms with van der Waals surface area (Å²) in [6.45, 7) is 7.09. The Kier molecular flexibility index (Phi) is 6.48. The van der Waals surface area contributed by atoms with Gasteiger partial charge >= 0.3 is 12.1 Å². The molecule has 0 radical (unpaired) electrons. The van der Waals surface area contributed by atoms with Crippen molar-refractivity contribution in [3.63, 3.8) is 0 Å². The van der Waals surface area contributed by atoms with E-state index in [9.17, 15) is 14.4 Å². The van der Waals surface area contributed by atoms with Gasteiger partial charge in [0.15, 0.2) is 0 Å². The molecule has 2 rings (SSSR count). The van der Waals surface area contributed by atoms with E-state index in [1.165, 1.54) is 0 Å². The van der Waals surface area contributed by atoms with Gasteiger partial charge in [0.1, 0.15) is 11.1 Å². The van der Waals surface area contributed by atoms with Gasteiger partial charge in [0.25, 0.3) is 0 Å². The number of ether oxygens (including phenoxy) is 1. The molecule has 0 spiro atoms. The Hall–Kier alpha value is -2.83. The Labute approximate surface area is 165 Å². The van der Waals surface area contributed by atoms with Gasteiger partial charge in [-0.2, -0.15) is 0 Å². The zero-order valence-electron chi connectivity index (χ0n) is 16.8. The van der Waals surface area contributed by atoms with Crippen molar-refractivity contribution in [2.24, 2.45) is 0 Å². The average Bonchev–Trinajstić information content (AvgIpc) is 2.55. The molecule has 1 aliphatic carbocycles. The lowest BCUT2D eigenvalue weighted by molar-refractivity contribution is -0.132. The van der Waals surface area contributed by atoms with Gasteiger partial charge in [0.05, 0.1) is 0 Å². The van der Waals surface area contributed by atoms with Crippen LogP contribution in [0.15, 0.2) is 29.8 Å². The fraction of sp³-hybridized carbons (Fsp3) is 0.476. The van der Waals surface area contributed by atoms with E-state index in [0.29, 0.717) is 30.5 Å². The predicted molar refractivity (Wildman–Crippen MR) is 107 cm³/mol. The second-order valence-electron chi connectivity index (χ2n) is 7.97. The van der Waals surface area contributed by atoms with Crippen molar-refractivity contribution in [1.82, 2.24) is 5.32 Å². The summed E-state index contributed by atoms with van der Waals surface area (Å²) in [4.78, 5) is 35.9. The Bertz CT molecular complexity index is 771. The first-order valence-corrected chi connectivity index (χ1v) is 9.41. The minimum absolute atomic E-state index is 0.285. The normalized spacial score (nSPS) is 15.9. The summed E-state index contributed by atoms with van der Waals surface area (Å²) >= 11 is 0. The van der Waals surface area contributed by atoms with Crippen LogP contribution < -0.4 is 10.6 Å². The van der Waals surface area contributed by atoms with Crippen LogP contribution in [0.25, 0.3) is 6.08 Å². The first kappa shape index (κ1) is 21.5. The van der Waals surface area contributed by atoms with Gasteiger partial charge in [0, 0.05) is 11.3 Å². The van der Waals surface area contributed by atoms with Crippen molar-refractivity contribution in [2.45, 2.75) is 64.5 Å². The summed E-state index contributed by atoms with van der Waals surface area (Å²) in [6, 6.07) is 6.89. The van der Waals surface area contributed by atoms with Crippen LogP contribution in [0.3, 0.4) is 0 Å². The molecule has 1 aliphatic rings. The lowest BCUT2D eigenvalue weighted by Gasteiger charge is -2.40. The Morgan fingerprint density at radius 3 is 2.21 bits per heavy atom. The van der Waals surface area contributed by atoms with Crippen LogP contribution in [0.2, 0.25) is 0 Å². The smallest absolute Gasteiger partial charge is 0.408 e. The second-order valence-corrected chi connectivity index (χ2v) is 7.97. The molecular formula is C21H28N2O5. The van der Waals surface area contributed by atoms with Crippen molar-refractivity contribution in [3.8, 4) is 0 Å². The molecule has 152 valence electrons. The van der Waals surface area contributed by atoms with Crippen LogP contribution in [0, 0.1) is 0 Å². The number of nitrogens with one attached hydrogen (secondary N) is 2. The van der Waals surface area contributed by atoms with Gasteiger partial charge in [-0.1, -0.05) is 19.1 Å². The Morgan fingerprint density at radius 2 is 1.79 bits per heavy atom. The minimum atomic E-state index is -0.959. The van der Waals surface area contributed by atoms with Crippen LogP contribution in [0.5, 0.6) is 0 Å². The van der Waals surface area contributed by atoms with E-state index in [0.717, 1.165) is 12.0 Å². The number of hydrogen-bond donors (Lipinski definition) is 3. The third kappa shape index (κ3) is 5.58. The van der Waals surface area contributed by atoms with E-state index in [4.69, 9.17) is 9.84 Å². The van der Waals surface area contributed by atoms with Crippen LogP contribution >= 0.6 is 0 Å². The molecule has 0 aromatic heterocycles. The monoisotopic (exact) mass is 388 g/mol. The Balaban J connectivity index is 2.05. The predicted octanol–water partition coefficient (Wildman–Crippen LogP) is 3.95. The molecule has 1 saturated carbocycles. The molecule has 1 aromatic carbocycles. The van der Waals surface area contributed by atoms with Crippen LogP contribution in [-0.2, 0) is 14.3 Å². The molecule has 0 bridgehead atoms. The topological polar surface area (TPSA) is 105 Å². The number of hydrogen-bond acceptors (Lipinski definition) is 4. The Morgan fingerprint density at radius 1 is 1.18 bits per heavy atom. The third-order valence-corrected chi connectivity index (χ3v) is 4.55. The molecule has 7 heteroatoms. The number of carboxylic acids is 1. The lowest BCUT2D eigenvalue weighted by Crippen LogP contribution is -2.61. The quantitative estimate of drug-likeness (QED) is 0.640. The number of carbonyl (C=O) groups is 3. The van der Waals surface area contributed by atoms with Crippen molar-refractivity contribution in [1.29, 1.82) is 0 Å². The first-order chi connectivity index (χ1) is 13.0. The molecule has 0 saturated heterocycles. The van der Waals surface area contributed by atoms with Crippen molar-refractivity contribution in [2.75, 3.05) is 5.32 Å². The molecule has 0 heterocycles. The van der Waals surface area contributed by atoms with Gasteiger partial charge < -0.3 is 20.5 Å². The maximum atomic E-state index is 12.7. The fourth-order valence-electron chi connectivity index (χ4n) is 2.87. The number of rotatable bonds is 6. The average molecular weight is 388 g/mol. The molecule has 2 amide bonds. The molecule has 1 aromatic rings. The van der Waals surface area contributed by atoms with Gasteiger partial charge in [-0.25, -0.2) is 9.59 Å². The number of carbonyl (C=O) groups excluding carboxylic acids is 2. The molecule has 1 fully saturated rings. The highest BCUT2D eigenvalue weighted by Crippen LogP contribution is 2.33. The zero-order chi connectivity index (χ0) is 20.9. The molecule has 0 unspecified atom stereocenters. The summed E-state index contributed by atoms with van der Waals surface area (Å²) < 4.78 is 5.27.